The quantitative estimate of drug-likeness (QED) is 0.604. The first-order chi connectivity index (χ1) is 12.1. The van der Waals surface area contributed by atoms with Gasteiger partial charge in [-0.15, -0.1) is 0 Å². The number of hydrogen-bond acceptors (Lipinski definition) is 6. The number of nitrogens with two attached hydrogens (primary N) is 3. The van der Waals surface area contributed by atoms with E-state index in [-0.39, 0.29) is 22.9 Å². The first kappa shape index (κ1) is 17.5. The molecule has 0 unspecified atom stereocenters. The van der Waals surface area contributed by atoms with E-state index >= 15 is 0 Å². The zero-order valence-corrected chi connectivity index (χ0v) is 13.7. The van der Waals surface area contributed by atoms with E-state index in [2.05, 4.69) is 15.0 Å². The van der Waals surface area contributed by atoms with Gasteiger partial charge in [-0.25, -0.2) is 15.0 Å². The molecule has 6 N–H and O–H groups in total. The third kappa shape index (κ3) is 3.37. The molecule has 26 heavy (non-hydrogen) atoms. The van der Waals surface area contributed by atoms with Crippen LogP contribution >= 0.6 is 0 Å². The molecule has 0 aliphatic rings. The van der Waals surface area contributed by atoms with Crippen molar-refractivity contribution in [3.8, 4) is 22.4 Å². The van der Waals surface area contributed by atoms with E-state index in [1.807, 2.05) is 0 Å². The number of alkyl halides is 3. The van der Waals surface area contributed by atoms with Crippen molar-refractivity contribution in [3.63, 3.8) is 0 Å². The third-order valence-electron chi connectivity index (χ3n) is 3.74. The lowest BCUT2D eigenvalue weighted by Crippen LogP contribution is -2.07. The van der Waals surface area contributed by atoms with Gasteiger partial charge in [-0.3, -0.25) is 0 Å². The summed E-state index contributed by atoms with van der Waals surface area (Å²) in [5, 5.41) is 0. The molecule has 134 valence electrons. The number of aryl methyl sites for hydroxylation is 1. The molecule has 0 atom stereocenters. The van der Waals surface area contributed by atoms with Crippen LogP contribution in [0.1, 0.15) is 11.3 Å². The van der Waals surface area contributed by atoms with Crippen LogP contribution in [-0.4, -0.2) is 15.0 Å². The van der Waals surface area contributed by atoms with Crippen molar-refractivity contribution >= 4 is 17.5 Å². The Morgan fingerprint density at radius 3 is 2.27 bits per heavy atom. The number of benzene rings is 1. The molecule has 0 radical (unpaired) electrons. The lowest BCUT2D eigenvalue weighted by Gasteiger charge is -2.15. The van der Waals surface area contributed by atoms with Gasteiger partial charge in [0.05, 0.1) is 17.0 Å². The molecular weight excluding hydrogens is 345 g/mol. The van der Waals surface area contributed by atoms with Gasteiger partial charge in [0.25, 0.3) is 0 Å². The van der Waals surface area contributed by atoms with Crippen molar-refractivity contribution in [1.29, 1.82) is 0 Å². The van der Waals surface area contributed by atoms with E-state index < -0.39 is 11.7 Å². The first-order valence-corrected chi connectivity index (χ1v) is 7.49. The minimum Gasteiger partial charge on any atom is -0.399 e. The van der Waals surface area contributed by atoms with Crippen LogP contribution in [0.15, 0.2) is 36.5 Å². The van der Waals surface area contributed by atoms with Crippen LogP contribution in [0.4, 0.5) is 30.6 Å². The molecule has 0 spiro atoms. The summed E-state index contributed by atoms with van der Waals surface area (Å²) >= 11 is 0. The molecular formula is C17H15F3N6. The van der Waals surface area contributed by atoms with E-state index in [4.69, 9.17) is 17.2 Å². The Balaban J connectivity index is 2.29. The minimum absolute atomic E-state index is 0.0361. The van der Waals surface area contributed by atoms with E-state index in [0.717, 1.165) is 12.1 Å². The summed E-state index contributed by atoms with van der Waals surface area (Å²) in [4.78, 5) is 12.3. The van der Waals surface area contributed by atoms with Gasteiger partial charge in [0.1, 0.15) is 5.82 Å². The summed E-state index contributed by atoms with van der Waals surface area (Å²) in [6.45, 7) is 1.68. The van der Waals surface area contributed by atoms with Crippen molar-refractivity contribution in [1.82, 2.24) is 15.0 Å². The van der Waals surface area contributed by atoms with Crippen LogP contribution in [0, 0.1) is 6.92 Å². The molecule has 9 heteroatoms. The Kier molecular flexibility index (Phi) is 4.15. The number of anilines is 3. The van der Waals surface area contributed by atoms with Crippen LogP contribution in [-0.2, 0) is 6.18 Å². The monoisotopic (exact) mass is 360 g/mol. The van der Waals surface area contributed by atoms with Crippen molar-refractivity contribution in [3.05, 3.63) is 47.8 Å². The Bertz CT molecular complexity index is 967. The van der Waals surface area contributed by atoms with Gasteiger partial charge in [-0.2, -0.15) is 13.2 Å². The summed E-state index contributed by atoms with van der Waals surface area (Å²) in [5.74, 6) is 0.258. The molecule has 1 aromatic carbocycles. The number of aromatic nitrogens is 3. The molecule has 0 bridgehead atoms. The van der Waals surface area contributed by atoms with E-state index in [1.165, 1.54) is 12.3 Å². The highest BCUT2D eigenvalue weighted by Gasteiger charge is 2.31. The van der Waals surface area contributed by atoms with Crippen molar-refractivity contribution < 1.29 is 13.2 Å². The number of nitrogen functional groups attached to an aromatic ring is 3. The standard InChI is InChI=1S/C17H15F3N6/c1-8-14(9-2-3-13(22)24-7-9)15(26-16(23)25-8)10-4-11(17(18,19)20)6-12(21)5-10/h2-7H,21H2,1H3,(H2,22,24)(H2,23,25,26). The molecule has 2 heterocycles. The topological polar surface area (TPSA) is 117 Å². The number of nitrogens with zero attached hydrogens (tertiary/aromatic N) is 3. The zero-order chi connectivity index (χ0) is 19.1. The van der Waals surface area contributed by atoms with Gasteiger partial charge in [-0.05, 0) is 37.3 Å². The highest BCUT2D eigenvalue weighted by Crippen LogP contribution is 2.38. The summed E-state index contributed by atoms with van der Waals surface area (Å²) < 4.78 is 39.5. The van der Waals surface area contributed by atoms with Crippen molar-refractivity contribution in [2.24, 2.45) is 0 Å². The lowest BCUT2D eigenvalue weighted by atomic mass is 9.97. The van der Waals surface area contributed by atoms with Crippen LogP contribution in [0.5, 0.6) is 0 Å². The molecule has 0 fully saturated rings. The number of rotatable bonds is 2. The Morgan fingerprint density at radius 1 is 0.923 bits per heavy atom. The van der Waals surface area contributed by atoms with Crippen LogP contribution in [0.3, 0.4) is 0 Å². The molecule has 0 aliphatic heterocycles. The van der Waals surface area contributed by atoms with Crippen molar-refractivity contribution in [2.75, 3.05) is 17.2 Å². The van der Waals surface area contributed by atoms with Crippen LogP contribution in [0.2, 0.25) is 0 Å². The summed E-state index contributed by atoms with van der Waals surface area (Å²) in [6, 6.07) is 6.52. The molecule has 0 saturated heterocycles. The predicted molar refractivity (Wildman–Crippen MR) is 93.7 cm³/mol. The van der Waals surface area contributed by atoms with Gasteiger partial charge in [-0.1, -0.05) is 0 Å². The average molecular weight is 360 g/mol. The summed E-state index contributed by atoms with van der Waals surface area (Å²) in [7, 11) is 0. The fourth-order valence-electron chi connectivity index (χ4n) is 2.65. The van der Waals surface area contributed by atoms with E-state index in [0.29, 0.717) is 22.6 Å². The Labute approximate surface area is 146 Å². The Morgan fingerprint density at radius 2 is 1.65 bits per heavy atom. The highest BCUT2D eigenvalue weighted by atomic mass is 19.4. The summed E-state index contributed by atoms with van der Waals surface area (Å²) in [6.07, 6.45) is -3.04. The number of hydrogen-bond donors (Lipinski definition) is 3. The van der Waals surface area contributed by atoms with Gasteiger partial charge >= 0.3 is 6.18 Å². The van der Waals surface area contributed by atoms with E-state index in [9.17, 15) is 13.2 Å². The van der Waals surface area contributed by atoms with Crippen LogP contribution in [0.25, 0.3) is 22.4 Å². The second-order valence-electron chi connectivity index (χ2n) is 5.70. The number of halogens is 3. The fraction of sp³-hybridized carbons (Fsp3) is 0.118. The predicted octanol–water partition coefficient (Wildman–Crippen LogP) is 3.28. The lowest BCUT2D eigenvalue weighted by molar-refractivity contribution is -0.137. The van der Waals surface area contributed by atoms with Gasteiger partial charge in [0, 0.05) is 28.6 Å². The van der Waals surface area contributed by atoms with Crippen molar-refractivity contribution in [2.45, 2.75) is 13.1 Å². The largest absolute Gasteiger partial charge is 0.416 e. The second-order valence-corrected chi connectivity index (χ2v) is 5.70. The average Bonchev–Trinajstić information content (AvgIpc) is 2.54. The maximum Gasteiger partial charge on any atom is 0.416 e. The Hall–Kier alpha value is -3.36. The second kappa shape index (κ2) is 6.17. The number of pyridine rings is 1. The maximum atomic E-state index is 13.2. The molecule has 0 amide bonds. The molecule has 2 aromatic heterocycles. The highest BCUT2D eigenvalue weighted by molar-refractivity contribution is 5.84. The molecule has 6 nitrogen and oxygen atoms in total. The maximum absolute atomic E-state index is 13.2. The van der Waals surface area contributed by atoms with Crippen LogP contribution < -0.4 is 17.2 Å². The SMILES string of the molecule is Cc1nc(N)nc(-c2cc(N)cc(C(F)(F)F)c2)c1-c1ccc(N)nc1. The van der Waals surface area contributed by atoms with Gasteiger partial charge in [0.15, 0.2) is 0 Å². The zero-order valence-electron chi connectivity index (χ0n) is 13.7. The smallest absolute Gasteiger partial charge is 0.399 e. The first-order valence-electron chi connectivity index (χ1n) is 7.49. The molecule has 3 aromatic rings. The molecule has 3 rings (SSSR count). The van der Waals surface area contributed by atoms with Gasteiger partial charge < -0.3 is 17.2 Å². The third-order valence-corrected chi connectivity index (χ3v) is 3.74. The van der Waals surface area contributed by atoms with Gasteiger partial charge in [0.2, 0.25) is 5.95 Å². The summed E-state index contributed by atoms with van der Waals surface area (Å²) in [5.41, 5.74) is 18.1. The molecule has 0 saturated carbocycles. The minimum atomic E-state index is -4.54. The molecule has 0 aliphatic carbocycles. The fourth-order valence-corrected chi connectivity index (χ4v) is 2.65. The van der Waals surface area contributed by atoms with E-state index in [1.54, 1.807) is 19.1 Å². The normalized spacial score (nSPS) is 11.5.